The van der Waals surface area contributed by atoms with Crippen LogP contribution in [0.2, 0.25) is 0 Å². The van der Waals surface area contributed by atoms with Gasteiger partial charge in [0.2, 0.25) is 0 Å². The number of benzene rings is 2. The molecule has 0 radical (unpaired) electrons. The molecule has 100 valence electrons. The highest BCUT2D eigenvalue weighted by Gasteiger charge is 2.09. The Morgan fingerprint density at radius 2 is 1.75 bits per heavy atom. The first kappa shape index (κ1) is 12.9. The van der Waals surface area contributed by atoms with Crippen LogP contribution in [0.4, 0.5) is 0 Å². The SMILES string of the molecule is Cc1ccc(C)c(-c2csc(-c3ccc(O)cc3)n2)c1. The van der Waals surface area contributed by atoms with E-state index in [0.29, 0.717) is 0 Å². The van der Waals surface area contributed by atoms with Crippen LogP contribution in [0.3, 0.4) is 0 Å². The van der Waals surface area contributed by atoms with Gasteiger partial charge in [0.1, 0.15) is 10.8 Å². The Kier molecular flexibility index (Phi) is 3.28. The zero-order valence-electron chi connectivity index (χ0n) is 11.4. The largest absolute Gasteiger partial charge is 0.508 e. The average Bonchev–Trinajstić information content (AvgIpc) is 2.92. The number of aromatic nitrogens is 1. The standard InChI is InChI=1S/C17H15NOS/c1-11-3-4-12(2)15(9-11)16-10-20-17(18-16)13-5-7-14(19)8-6-13/h3-10,19H,1-2H3. The van der Waals surface area contributed by atoms with E-state index in [-0.39, 0.29) is 5.75 Å². The molecule has 1 aromatic heterocycles. The van der Waals surface area contributed by atoms with E-state index in [2.05, 4.69) is 37.4 Å². The minimum Gasteiger partial charge on any atom is -0.508 e. The monoisotopic (exact) mass is 281 g/mol. The molecular weight excluding hydrogens is 266 g/mol. The summed E-state index contributed by atoms with van der Waals surface area (Å²) >= 11 is 1.63. The lowest BCUT2D eigenvalue weighted by molar-refractivity contribution is 0.475. The van der Waals surface area contributed by atoms with Crippen LogP contribution in [0.15, 0.2) is 47.8 Å². The lowest BCUT2D eigenvalue weighted by Gasteiger charge is -2.03. The van der Waals surface area contributed by atoms with E-state index in [4.69, 9.17) is 4.98 Å². The van der Waals surface area contributed by atoms with Crippen molar-refractivity contribution >= 4 is 11.3 Å². The summed E-state index contributed by atoms with van der Waals surface area (Å²) in [6, 6.07) is 13.6. The van der Waals surface area contributed by atoms with Crippen LogP contribution in [0.25, 0.3) is 21.8 Å². The topological polar surface area (TPSA) is 33.1 Å². The van der Waals surface area contributed by atoms with Crippen molar-refractivity contribution in [2.75, 3.05) is 0 Å². The zero-order valence-corrected chi connectivity index (χ0v) is 12.2. The highest BCUT2D eigenvalue weighted by atomic mass is 32.1. The quantitative estimate of drug-likeness (QED) is 0.732. The Labute approximate surface area is 122 Å². The molecule has 2 aromatic carbocycles. The van der Waals surface area contributed by atoms with Crippen LogP contribution in [0.1, 0.15) is 11.1 Å². The molecule has 1 N–H and O–H groups in total. The van der Waals surface area contributed by atoms with E-state index in [1.165, 1.54) is 16.7 Å². The number of rotatable bonds is 2. The van der Waals surface area contributed by atoms with Gasteiger partial charge in [-0.1, -0.05) is 17.7 Å². The second kappa shape index (κ2) is 5.10. The van der Waals surface area contributed by atoms with Gasteiger partial charge in [-0.05, 0) is 49.7 Å². The molecule has 20 heavy (non-hydrogen) atoms. The molecule has 0 saturated carbocycles. The number of aromatic hydroxyl groups is 1. The average molecular weight is 281 g/mol. The summed E-state index contributed by atoms with van der Waals surface area (Å²) in [5.74, 6) is 0.278. The Morgan fingerprint density at radius 1 is 1.00 bits per heavy atom. The van der Waals surface area contributed by atoms with Crippen LogP contribution < -0.4 is 0 Å². The van der Waals surface area contributed by atoms with Crippen LogP contribution in [-0.4, -0.2) is 10.1 Å². The number of phenolic OH excluding ortho intramolecular Hbond substituents is 1. The smallest absolute Gasteiger partial charge is 0.124 e. The molecule has 1 heterocycles. The Bertz CT molecular complexity index is 744. The lowest BCUT2D eigenvalue weighted by Crippen LogP contribution is -1.85. The van der Waals surface area contributed by atoms with Gasteiger partial charge in [-0.15, -0.1) is 11.3 Å². The number of phenols is 1. The van der Waals surface area contributed by atoms with Gasteiger partial charge in [0, 0.05) is 16.5 Å². The maximum Gasteiger partial charge on any atom is 0.124 e. The molecule has 0 bridgehead atoms. The second-order valence-corrected chi connectivity index (χ2v) is 5.76. The molecule has 2 nitrogen and oxygen atoms in total. The molecule has 0 aliphatic rings. The molecule has 3 rings (SSSR count). The lowest BCUT2D eigenvalue weighted by atomic mass is 10.0. The van der Waals surface area contributed by atoms with Crippen molar-refractivity contribution in [1.29, 1.82) is 0 Å². The van der Waals surface area contributed by atoms with E-state index in [0.717, 1.165) is 16.3 Å². The fourth-order valence-corrected chi connectivity index (χ4v) is 2.97. The summed E-state index contributed by atoms with van der Waals surface area (Å²) in [6.45, 7) is 4.20. The number of hydrogen-bond acceptors (Lipinski definition) is 3. The first-order chi connectivity index (χ1) is 9.63. The predicted molar refractivity (Wildman–Crippen MR) is 84.1 cm³/mol. The van der Waals surface area contributed by atoms with Gasteiger partial charge in [-0.2, -0.15) is 0 Å². The summed E-state index contributed by atoms with van der Waals surface area (Å²) in [5.41, 5.74) is 5.71. The van der Waals surface area contributed by atoms with Gasteiger partial charge < -0.3 is 5.11 Å². The summed E-state index contributed by atoms with van der Waals surface area (Å²) in [6.07, 6.45) is 0. The van der Waals surface area contributed by atoms with E-state index in [1.54, 1.807) is 23.5 Å². The predicted octanol–water partition coefficient (Wildman–Crippen LogP) is 4.80. The molecule has 3 heteroatoms. The van der Waals surface area contributed by atoms with E-state index < -0.39 is 0 Å². The Balaban J connectivity index is 2.01. The molecule has 0 amide bonds. The minimum absolute atomic E-state index is 0.278. The van der Waals surface area contributed by atoms with E-state index in [1.807, 2.05) is 12.1 Å². The van der Waals surface area contributed by atoms with Crippen molar-refractivity contribution in [3.05, 3.63) is 59.0 Å². The van der Waals surface area contributed by atoms with Crippen molar-refractivity contribution in [3.8, 4) is 27.6 Å². The summed E-state index contributed by atoms with van der Waals surface area (Å²) in [5, 5.41) is 12.4. The van der Waals surface area contributed by atoms with Gasteiger partial charge >= 0.3 is 0 Å². The van der Waals surface area contributed by atoms with Crippen LogP contribution >= 0.6 is 11.3 Å². The van der Waals surface area contributed by atoms with Crippen molar-refractivity contribution < 1.29 is 5.11 Å². The Morgan fingerprint density at radius 3 is 2.50 bits per heavy atom. The maximum atomic E-state index is 9.34. The van der Waals surface area contributed by atoms with Crippen molar-refractivity contribution in [1.82, 2.24) is 4.98 Å². The van der Waals surface area contributed by atoms with Crippen molar-refractivity contribution in [2.24, 2.45) is 0 Å². The maximum absolute atomic E-state index is 9.34. The van der Waals surface area contributed by atoms with E-state index in [9.17, 15) is 5.11 Å². The molecule has 0 spiro atoms. The first-order valence-electron chi connectivity index (χ1n) is 6.46. The second-order valence-electron chi connectivity index (χ2n) is 4.90. The van der Waals surface area contributed by atoms with Crippen molar-refractivity contribution in [2.45, 2.75) is 13.8 Å². The van der Waals surface area contributed by atoms with Gasteiger partial charge in [-0.25, -0.2) is 4.98 Å². The van der Waals surface area contributed by atoms with E-state index >= 15 is 0 Å². The molecule has 0 aliphatic heterocycles. The molecular formula is C17H15NOS. The molecule has 0 fully saturated rings. The molecule has 3 aromatic rings. The summed E-state index contributed by atoms with van der Waals surface area (Å²) < 4.78 is 0. The number of thiazole rings is 1. The van der Waals surface area contributed by atoms with Gasteiger partial charge in [0.15, 0.2) is 0 Å². The summed E-state index contributed by atoms with van der Waals surface area (Å²) in [4.78, 5) is 4.72. The molecule has 0 saturated heterocycles. The third kappa shape index (κ3) is 2.45. The number of nitrogens with zero attached hydrogens (tertiary/aromatic N) is 1. The van der Waals surface area contributed by atoms with Gasteiger partial charge in [-0.3, -0.25) is 0 Å². The number of aryl methyl sites for hydroxylation is 2. The minimum atomic E-state index is 0.278. The third-order valence-electron chi connectivity index (χ3n) is 3.29. The highest BCUT2D eigenvalue weighted by Crippen LogP contribution is 2.31. The highest BCUT2D eigenvalue weighted by molar-refractivity contribution is 7.13. The van der Waals surface area contributed by atoms with Crippen molar-refractivity contribution in [3.63, 3.8) is 0 Å². The van der Waals surface area contributed by atoms with Crippen LogP contribution in [0, 0.1) is 13.8 Å². The third-order valence-corrected chi connectivity index (χ3v) is 4.18. The molecule has 0 atom stereocenters. The summed E-state index contributed by atoms with van der Waals surface area (Å²) in [7, 11) is 0. The molecule has 0 aliphatic carbocycles. The first-order valence-corrected chi connectivity index (χ1v) is 7.34. The van der Waals surface area contributed by atoms with Gasteiger partial charge in [0.25, 0.3) is 0 Å². The zero-order chi connectivity index (χ0) is 14.1. The fourth-order valence-electron chi connectivity index (χ4n) is 2.15. The number of hydrogen-bond donors (Lipinski definition) is 1. The molecule has 0 unspecified atom stereocenters. The van der Waals surface area contributed by atoms with Crippen LogP contribution in [0.5, 0.6) is 5.75 Å². The fraction of sp³-hybridized carbons (Fsp3) is 0.118. The Hall–Kier alpha value is -2.13. The van der Waals surface area contributed by atoms with Crippen LogP contribution in [-0.2, 0) is 0 Å². The normalized spacial score (nSPS) is 10.7. The van der Waals surface area contributed by atoms with Gasteiger partial charge in [0.05, 0.1) is 5.69 Å².